The van der Waals surface area contributed by atoms with Gasteiger partial charge < -0.3 is 10.0 Å². The van der Waals surface area contributed by atoms with Gasteiger partial charge in [0, 0.05) is 12.6 Å². The highest BCUT2D eigenvalue weighted by Crippen LogP contribution is 2.38. The van der Waals surface area contributed by atoms with E-state index in [-0.39, 0.29) is 17.4 Å². The maximum atomic E-state index is 14.9. The zero-order valence-electron chi connectivity index (χ0n) is 15.3. The van der Waals surface area contributed by atoms with E-state index >= 15 is 0 Å². The molecule has 0 atom stereocenters. The zero-order valence-corrected chi connectivity index (χ0v) is 15.3. The molecule has 0 aromatic heterocycles. The lowest BCUT2D eigenvalue weighted by Gasteiger charge is -2.26. The molecule has 2 nitrogen and oxygen atoms in total. The fourth-order valence-corrected chi connectivity index (χ4v) is 3.29. The average molecular weight is 353 g/mol. The van der Waals surface area contributed by atoms with Gasteiger partial charge in [-0.3, -0.25) is 0 Å². The van der Waals surface area contributed by atoms with Crippen LogP contribution in [0.2, 0.25) is 0 Å². The van der Waals surface area contributed by atoms with Crippen LogP contribution in [0.1, 0.15) is 16.7 Å². The second-order valence-corrected chi connectivity index (χ2v) is 6.57. The fourth-order valence-electron chi connectivity index (χ4n) is 3.29. The Labute approximate surface area is 152 Å². The van der Waals surface area contributed by atoms with E-state index in [4.69, 9.17) is 0 Å². The Balaban J connectivity index is 2.18. The maximum Gasteiger partial charge on any atom is 0.149 e. The van der Waals surface area contributed by atoms with Gasteiger partial charge in [0.2, 0.25) is 0 Å². The molecule has 0 heterocycles. The molecule has 0 fully saturated rings. The van der Waals surface area contributed by atoms with Gasteiger partial charge in [0.05, 0.1) is 11.4 Å². The molecular formula is C22H21F2NO. The van der Waals surface area contributed by atoms with Crippen LogP contribution >= 0.6 is 0 Å². The largest absolute Gasteiger partial charge is 0.508 e. The number of anilines is 2. The molecule has 0 saturated carbocycles. The summed E-state index contributed by atoms with van der Waals surface area (Å²) in [5, 5.41) is 10.0. The van der Waals surface area contributed by atoms with E-state index in [0.717, 1.165) is 16.8 Å². The van der Waals surface area contributed by atoms with Crippen LogP contribution < -0.4 is 4.90 Å². The summed E-state index contributed by atoms with van der Waals surface area (Å²) in [6, 6.07) is 13.1. The standard InChI is InChI=1S/C22H21F2NO/c1-13-8-9-20(26)15(3)22(13)25(4)19-12-17(10-14(2)21(19)24)16-6-5-7-18(23)11-16/h5-12,26H,1-4H3. The number of phenolic OH excluding ortho intramolecular Hbond substituents is 1. The van der Waals surface area contributed by atoms with E-state index < -0.39 is 0 Å². The molecule has 0 aliphatic heterocycles. The van der Waals surface area contributed by atoms with Crippen molar-refractivity contribution in [2.75, 3.05) is 11.9 Å². The Morgan fingerprint density at radius 1 is 0.846 bits per heavy atom. The number of aromatic hydroxyl groups is 1. The molecule has 3 rings (SSSR count). The van der Waals surface area contributed by atoms with Crippen LogP contribution in [0.25, 0.3) is 11.1 Å². The highest BCUT2D eigenvalue weighted by atomic mass is 19.1. The molecule has 0 radical (unpaired) electrons. The first-order chi connectivity index (χ1) is 12.3. The van der Waals surface area contributed by atoms with Crippen LogP contribution in [0.3, 0.4) is 0 Å². The summed E-state index contributed by atoms with van der Waals surface area (Å²) in [7, 11) is 1.77. The van der Waals surface area contributed by atoms with Gasteiger partial charge >= 0.3 is 0 Å². The van der Waals surface area contributed by atoms with Crippen LogP contribution in [-0.4, -0.2) is 12.2 Å². The molecule has 1 N–H and O–H groups in total. The first kappa shape index (κ1) is 17.9. The first-order valence-electron chi connectivity index (χ1n) is 8.38. The lowest BCUT2D eigenvalue weighted by Crippen LogP contribution is -2.15. The highest BCUT2D eigenvalue weighted by molar-refractivity contribution is 5.76. The van der Waals surface area contributed by atoms with E-state index in [1.165, 1.54) is 12.1 Å². The van der Waals surface area contributed by atoms with Crippen LogP contribution in [0.5, 0.6) is 5.75 Å². The third-order valence-corrected chi connectivity index (χ3v) is 4.69. The van der Waals surface area contributed by atoms with Crippen molar-refractivity contribution in [3.05, 3.63) is 76.9 Å². The Hall–Kier alpha value is -2.88. The van der Waals surface area contributed by atoms with Crippen molar-refractivity contribution < 1.29 is 13.9 Å². The molecule has 0 unspecified atom stereocenters. The summed E-state index contributed by atoms with van der Waals surface area (Å²) in [4.78, 5) is 1.73. The summed E-state index contributed by atoms with van der Waals surface area (Å²) in [6.07, 6.45) is 0. The van der Waals surface area contributed by atoms with Gasteiger partial charge in [-0.2, -0.15) is 0 Å². The fraction of sp³-hybridized carbons (Fsp3) is 0.182. The average Bonchev–Trinajstić information content (AvgIpc) is 2.60. The molecule has 4 heteroatoms. The smallest absolute Gasteiger partial charge is 0.149 e. The van der Waals surface area contributed by atoms with Gasteiger partial charge in [0.1, 0.15) is 17.4 Å². The third kappa shape index (κ3) is 3.15. The number of hydrogen-bond donors (Lipinski definition) is 1. The molecular weight excluding hydrogens is 332 g/mol. The van der Waals surface area contributed by atoms with Gasteiger partial charge in [-0.05, 0) is 73.4 Å². The normalized spacial score (nSPS) is 10.8. The Morgan fingerprint density at radius 2 is 1.58 bits per heavy atom. The zero-order chi connectivity index (χ0) is 19.0. The van der Waals surface area contributed by atoms with Crippen molar-refractivity contribution in [3.8, 4) is 16.9 Å². The minimum Gasteiger partial charge on any atom is -0.508 e. The number of rotatable bonds is 3. The van der Waals surface area contributed by atoms with Crippen molar-refractivity contribution in [2.24, 2.45) is 0 Å². The van der Waals surface area contributed by atoms with Crippen LogP contribution in [-0.2, 0) is 0 Å². The second-order valence-electron chi connectivity index (χ2n) is 6.57. The van der Waals surface area contributed by atoms with Crippen molar-refractivity contribution in [1.82, 2.24) is 0 Å². The molecule has 0 saturated heterocycles. The number of phenols is 1. The minimum absolute atomic E-state index is 0.163. The summed E-state index contributed by atoms with van der Waals surface area (Å²) < 4.78 is 28.5. The monoisotopic (exact) mass is 353 g/mol. The molecule has 0 bridgehead atoms. The predicted molar refractivity (Wildman–Crippen MR) is 102 cm³/mol. The Kier molecular flexibility index (Phi) is 4.68. The minimum atomic E-state index is -0.338. The summed E-state index contributed by atoms with van der Waals surface area (Å²) in [5.41, 5.74) is 4.63. The molecule has 26 heavy (non-hydrogen) atoms. The number of halogens is 2. The maximum absolute atomic E-state index is 14.9. The third-order valence-electron chi connectivity index (χ3n) is 4.69. The molecule has 134 valence electrons. The Morgan fingerprint density at radius 3 is 2.27 bits per heavy atom. The lowest BCUT2D eigenvalue weighted by atomic mass is 10.0. The van der Waals surface area contributed by atoms with Crippen molar-refractivity contribution >= 4 is 11.4 Å². The molecule has 0 spiro atoms. The number of nitrogens with zero attached hydrogens (tertiary/aromatic N) is 1. The molecule has 0 amide bonds. The van der Waals surface area contributed by atoms with E-state index in [1.807, 2.05) is 6.92 Å². The number of aryl methyl sites for hydroxylation is 2. The molecule has 0 aliphatic carbocycles. The van der Waals surface area contributed by atoms with Crippen LogP contribution in [0.15, 0.2) is 48.5 Å². The number of benzene rings is 3. The van der Waals surface area contributed by atoms with E-state index in [2.05, 4.69) is 0 Å². The SMILES string of the molecule is Cc1cc(-c2cccc(F)c2)cc(N(C)c2c(C)ccc(O)c2C)c1F. The summed E-state index contributed by atoms with van der Waals surface area (Å²) >= 11 is 0. The first-order valence-corrected chi connectivity index (χ1v) is 8.38. The van der Waals surface area contributed by atoms with Crippen molar-refractivity contribution in [2.45, 2.75) is 20.8 Å². The molecule has 3 aromatic rings. The van der Waals surface area contributed by atoms with E-state index in [1.54, 1.807) is 62.2 Å². The van der Waals surface area contributed by atoms with Crippen LogP contribution in [0.4, 0.5) is 20.2 Å². The second kappa shape index (κ2) is 6.79. The van der Waals surface area contributed by atoms with E-state index in [0.29, 0.717) is 22.4 Å². The molecule has 3 aromatic carbocycles. The quantitative estimate of drug-likeness (QED) is 0.621. The number of hydrogen-bond acceptors (Lipinski definition) is 2. The van der Waals surface area contributed by atoms with Gasteiger partial charge in [-0.15, -0.1) is 0 Å². The Bertz CT molecular complexity index is 982. The van der Waals surface area contributed by atoms with E-state index in [9.17, 15) is 13.9 Å². The van der Waals surface area contributed by atoms with Gasteiger partial charge in [-0.25, -0.2) is 8.78 Å². The van der Waals surface area contributed by atoms with Gasteiger partial charge in [-0.1, -0.05) is 18.2 Å². The van der Waals surface area contributed by atoms with Crippen molar-refractivity contribution in [1.29, 1.82) is 0 Å². The summed E-state index contributed by atoms with van der Waals surface area (Å²) in [6.45, 7) is 5.41. The van der Waals surface area contributed by atoms with Gasteiger partial charge in [0.15, 0.2) is 0 Å². The lowest BCUT2D eigenvalue weighted by molar-refractivity contribution is 0.471. The predicted octanol–water partition coefficient (Wildman–Crippen LogP) is 6.03. The van der Waals surface area contributed by atoms with Gasteiger partial charge in [0.25, 0.3) is 0 Å². The topological polar surface area (TPSA) is 23.5 Å². The molecule has 0 aliphatic rings. The highest BCUT2D eigenvalue weighted by Gasteiger charge is 2.18. The summed E-state index contributed by atoms with van der Waals surface area (Å²) in [5.74, 6) is -0.510. The van der Waals surface area contributed by atoms with Crippen molar-refractivity contribution in [3.63, 3.8) is 0 Å². The van der Waals surface area contributed by atoms with Crippen LogP contribution in [0, 0.1) is 32.4 Å².